The molecular weight excluding hydrogens is 424 g/mol. The molecule has 0 bridgehead atoms. The highest BCUT2D eigenvalue weighted by Gasteiger charge is 2.69. The van der Waals surface area contributed by atoms with Crippen LogP contribution in [0.5, 0.6) is 0 Å². The summed E-state index contributed by atoms with van der Waals surface area (Å²) < 4.78 is 4.21. The molecule has 0 spiro atoms. The van der Waals surface area contributed by atoms with Crippen molar-refractivity contribution in [1.82, 2.24) is 4.90 Å². The number of thioether (sulfide) groups is 2. The molecule has 2 amide bonds. The number of amides is 2. The van der Waals surface area contributed by atoms with Crippen LogP contribution in [0.2, 0.25) is 0 Å². The molecule has 0 aliphatic carbocycles. The zero-order chi connectivity index (χ0) is 20.7. The van der Waals surface area contributed by atoms with Crippen LogP contribution in [0.15, 0.2) is 17.5 Å². The van der Waals surface area contributed by atoms with Crippen molar-refractivity contribution in [3.63, 3.8) is 0 Å². The molecule has 2 aliphatic rings. The van der Waals surface area contributed by atoms with Crippen molar-refractivity contribution in [2.24, 2.45) is 5.41 Å². The molecule has 2 saturated heterocycles. The number of hydrogen-bond donors (Lipinski definition) is 1. The van der Waals surface area contributed by atoms with E-state index in [-0.39, 0.29) is 30.7 Å². The first-order valence-electron chi connectivity index (χ1n) is 8.39. The van der Waals surface area contributed by atoms with Gasteiger partial charge in [0, 0.05) is 26.1 Å². The maximum atomic E-state index is 13.1. The van der Waals surface area contributed by atoms with E-state index in [1.807, 2.05) is 17.7 Å². The van der Waals surface area contributed by atoms with Gasteiger partial charge >= 0.3 is 11.9 Å². The number of β-lactam (4-membered cyclic amide) rings is 1. The van der Waals surface area contributed by atoms with Gasteiger partial charge in [0.05, 0.1) is 5.00 Å². The van der Waals surface area contributed by atoms with Crippen molar-refractivity contribution in [3.8, 4) is 0 Å². The Morgan fingerprint density at radius 3 is 2.64 bits per heavy atom. The zero-order valence-electron chi connectivity index (χ0n) is 15.5. The summed E-state index contributed by atoms with van der Waals surface area (Å²) in [6.45, 7) is 2.26. The molecule has 0 aromatic carbocycles. The van der Waals surface area contributed by atoms with Crippen LogP contribution in [-0.4, -0.2) is 69.2 Å². The Morgan fingerprint density at radius 2 is 2.14 bits per heavy atom. The average molecular weight is 445 g/mol. The molecule has 1 aromatic rings. The highest BCUT2D eigenvalue weighted by Crippen LogP contribution is 2.58. The molecule has 0 radical (unpaired) electrons. The predicted molar refractivity (Wildman–Crippen MR) is 108 cm³/mol. The maximum Gasteiger partial charge on any atom is 0.315 e. The summed E-state index contributed by atoms with van der Waals surface area (Å²) in [5.41, 5.74) is -1.37. The third kappa shape index (κ3) is 3.18. The number of nitrogens with zero attached hydrogens (tertiary/aromatic N) is 2. The first-order chi connectivity index (χ1) is 13.2. The van der Waals surface area contributed by atoms with Gasteiger partial charge in [-0.15, -0.1) is 34.9 Å². The van der Waals surface area contributed by atoms with Gasteiger partial charge in [-0.05, 0) is 23.8 Å². The van der Waals surface area contributed by atoms with Crippen LogP contribution in [0.4, 0.5) is 5.00 Å². The van der Waals surface area contributed by atoms with Gasteiger partial charge in [0.15, 0.2) is 10.2 Å². The van der Waals surface area contributed by atoms with Crippen molar-refractivity contribution in [1.29, 1.82) is 0 Å². The summed E-state index contributed by atoms with van der Waals surface area (Å²) in [4.78, 5) is 51.6. The fourth-order valence-electron chi connectivity index (χ4n) is 3.42. The first-order valence-corrected chi connectivity index (χ1v) is 11.5. The molecule has 1 aromatic heterocycles. The van der Waals surface area contributed by atoms with Crippen molar-refractivity contribution in [3.05, 3.63) is 17.5 Å². The fourth-order valence-corrected chi connectivity index (χ4v) is 7.13. The van der Waals surface area contributed by atoms with Gasteiger partial charge in [-0.2, -0.15) is 0 Å². The Morgan fingerprint density at radius 1 is 1.43 bits per heavy atom. The Hall–Kier alpha value is -1.72. The Bertz CT molecular complexity index is 816. The van der Waals surface area contributed by atoms with Crippen LogP contribution in [0.25, 0.3) is 0 Å². The van der Waals surface area contributed by atoms with Crippen LogP contribution in [-0.2, 0) is 23.9 Å². The molecule has 8 nitrogen and oxygen atoms in total. The minimum absolute atomic E-state index is 0.0744. The number of ether oxygens (including phenoxy) is 1. The molecule has 2 fully saturated rings. The van der Waals surface area contributed by atoms with Crippen molar-refractivity contribution < 1.29 is 29.0 Å². The van der Waals surface area contributed by atoms with Crippen LogP contribution in [0, 0.1) is 5.41 Å². The summed E-state index contributed by atoms with van der Waals surface area (Å²) in [7, 11) is 0. The third-order valence-electron chi connectivity index (χ3n) is 4.88. The van der Waals surface area contributed by atoms with Crippen molar-refractivity contribution >= 4 is 63.6 Å². The van der Waals surface area contributed by atoms with Gasteiger partial charge in [-0.3, -0.25) is 24.1 Å². The molecule has 1 N–H and O–H groups in total. The lowest BCUT2D eigenvalue weighted by atomic mass is 9.87. The zero-order valence-corrected chi connectivity index (χ0v) is 18.0. The van der Waals surface area contributed by atoms with E-state index in [0.717, 1.165) is 0 Å². The second-order valence-corrected chi connectivity index (χ2v) is 10.1. The molecule has 2 aliphatic heterocycles. The molecule has 0 saturated carbocycles. The summed E-state index contributed by atoms with van der Waals surface area (Å²) in [6.07, 6.45) is 1.84. The maximum absolute atomic E-state index is 13.1. The van der Waals surface area contributed by atoms with Crippen LogP contribution in [0.1, 0.15) is 13.8 Å². The monoisotopic (exact) mass is 444 g/mol. The van der Waals surface area contributed by atoms with Crippen LogP contribution in [0.3, 0.4) is 0 Å². The molecule has 3 rings (SSSR count). The molecule has 3 atom stereocenters. The van der Waals surface area contributed by atoms with Gasteiger partial charge in [0.2, 0.25) is 5.91 Å². The molecule has 152 valence electrons. The van der Waals surface area contributed by atoms with Gasteiger partial charge in [-0.1, -0.05) is 0 Å². The minimum atomic E-state index is -1.37. The number of anilines is 1. The number of fused-ring (bicyclic) bond motifs is 1. The third-order valence-corrected chi connectivity index (χ3v) is 9.18. The van der Waals surface area contributed by atoms with Gasteiger partial charge < -0.3 is 14.7 Å². The lowest BCUT2D eigenvalue weighted by Crippen LogP contribution is -2.80. The average Bonchev–Trinajstić information content (AvgIpc) is 3.17. The Balaban J connectivity index is 1.92. The quantitative estimate of drug-likeness (QED) is 0.522. The minimum Gasteiger partial charge on any atom is -0.481 e. The highest BCUT2D eigenvalue weighted by molar-refractivity contribution is 8.18. The number of thiophene rings is 1. The lowest BCUT2D eigenvalue weighted by molar-refractivity contribution is -0.165. The number of hydrogen-bond acceptors (Lipinski definition) is 8. The number of carboxylic acids is 1. The normalized spacial score (nSPS) is 28.9. The van der Waals surface area contributed by atoms with E-state index in [9.17, 15) is 24.3 Å². The lowest BCUT2D eigenvalue weighted by Gasteiger charge is -2.62. The first kappa shape index (κ1) is 21.0. The molecule has 11 heteroatoms. The number of esters is 1. The summed E-state index contributed by atoms with van der Waals surface area (Å²) >= 11 is 4.09. The molecule has 2 unspecified atom stereocenters. The van der Waals surface area contributed by atoms with Gasteiger partial charge in [0.1, 0.15) is 12.0 Å². The topological polar surface area (TPSA) is 104 Å². The van der Waals surface area contributed by atoms with E-state index >= 15 is 0 Å². The smallest absolute Gasteiger partial charge is 0.315 e. The largest absolute Gasteiger partial charge is 0.481 e. The van der Waals surface area contributed by atoms with E-state index < -0.39 is 27.6 Å². The second-order valence-electron chi connectivity index (χ2n) is 6.66. The van der Waals surface area contributed by atoms with Crippen LogP contribution >= 0.6 is 34.9 Å². The van der Waals surface area contributed by atoms with Crippen LogP contribution < -0.4 is 4.90 Å². The van der Waals surface area contributed by atoms with E-state index in [0.29, 0.717) is 5.00 Å². The number of rotatable bonds is 6. The molecule has 3 heterocycles. The summed E-state index contributed by atoms with van der Waals surface area (Å²) in [6, 6.07) is 2.88. The highest BCUT2D eigenvalue weighted by atomic mass is 32.2. The van der Waals surface area contributed by atoms with E-state index in [1.54, 1.807) is 6.07 Å². The van der Waals surface area contributed by atoms with Gasteiger partial charge in [0.25, 0.3) is 5.91 Å². The molecule has 28 heavy (non-hydrogen) atoms. The van der Waals surface area contributed by atoms with Crippen molar-refractivity contribution in [2.45, 2.75) is 24.1 Å². The standard InChI is InChI=1S/C17H20N2O6S3/c1-10(20)19(12-5-4-6-27-12)13-14(22)18-7-16(15(23)24,8-25-11(2)21)9-28-17(13,18)26-3/h4-6,13H,7-9H2,1-3H3,(H,23,24)/t13?,16?,17-/m1/s1. The van der Waals surface area contributed by atoms with Crippen molar-refractivity contribution in [2.75, 3.05) is 30.1 Å². The Labute approximate surface area is 174 Å². The van der Waals surface area contributed by atoms with E-state index in [4.69, 9.17) is 4.74 Å². The summed E-state index contributed by atoms with van der Waals surface area (Å²) in [5.74, 6) is -2.08. The Kier molecular flexibility index (Phi) is 5.70. The second kappa shape index (κ2) is 7.60. The van der Waals surface area contributed by atoms with Gasteiger partial charge in [-0.25, -0.2) is 0 Å². The fraction of sp³-hybridized carbons (Fsp3) is 0.529. The SMILES string of the molecule is CS[C@]12SCC(COC(C)=O)(C(=O)O)CN1C(=O)C2N(C(C)=O)c1cccs1. The number of aliphatic carboxylic acids is 1. The predicted octanol–water partition coefficient (Wildman–Crippen LogP) is 1.71. The van der Waals surface area contributed by atoms with E-state index in [1.165, 1.54) is 58.5 Å². The van der Waals surface area contributed by atoms with E-state index in [2.05, 4.69) is 0 Å². The number of carboxylic acid groups (broad SMARTS) is 1. The summed E-state index contributed by atoms with van der Waals surface area (Å²) in [5, 5.41) is 12.3. The molecular formula is C17H20N2O6S3. The number of carbonyl (C=O) groups is 4. The number of carbonyl (C=O) groups excluding carboxylic acids is 3.